The van der Waals surface area contributed by atoms with E-state index in [9.17, 15) is 4.79 Å². The first-order chi connectivity index (χ1) is 13.2. The molecule has 3 aromatic rings. The van der Waals surface area contributed by atoms with Gasteiger partial charge in [-0.2, -0.15) is 0 Å². The van der Waals surface area contributed by atoms with E-state index in [0.29, 0.717) is 17.9 Å². The lowest BCUT2D eigenvalue weighted by molar-refractivity contribution is 0.0940. The SMILES string of the molecule is COc1ccccc1CNc1cc(C(=O)NC(C)c2ccccc2)ccn1. The Morgan fingerprint density at radius 2 is 1.81 bits per heavy atom. The van der Waals surface area contributed by atoms with Gasteiger partial charge in [0, 0.05) is 23.9 Å². The van der Waals surface area contributed by atoms with Crippen LogP contribution in [-0.2, 0) is 6.54 Å². The van der Waals surface area contributed by atoms with Crippen LogP contribution in [0.1, 0.15) is 34.5 Å². The number of para-hydroxylation sites is 1. The van der Waals surface area contributed by atoms with Gasteiger partial charge in [-0.3, -0.25) is 4.79 Å². The van der Waals surface area contributed by atoms with Crippen molar-refractivity contribution in [2.24, 2.45) is 0 Å². The van der Waals surface area contributed by atoms with E-state index in [0.717, 1.165) is 16.9 Å². The van der Waals surface area contributed by atoms with E-state index in [1.807, 2.05) is 61.5 Å². The predicted octanol–water partition coefficient (Wildman–Crippen LogP) is 4.19. The number of aromatic nitrogens is 1. The van der Waals surface area contributed by atoms with Crippen LogP contribution in [0.15, 0.2) is 72.9 Å². The van der Waals surface area contributed by atoms with E-state index in [1.54, 1.807) is 25.4 Å². The zero-order valence-electron chi connectivity index (χ0n) is 15.5. The Morgan fingerprint density at radius 3 is 2.59 bits per heavy atom. The van der Waals surface area contributed by atoms with Crippen LogP contribution in [0.25, 0.3) is 0 Å². The van der Waals surface area contributed by atoms with Crippen molar-refractivity contribution in [2.45, 2.75) is 19.5 Å². The molecule has 0 fully saturated rings. The maximum Gasteiger partial charge on any atom is 0.251 e. The number of methoxy groups -OCH3 is 1. The first-order valence-corrected chi connectivity index (χ1v) is 8.85. The lowest BCUT2D eigenvalue weighted by Crippen LogP contribution is -2.26. The number of anilines is 1. The van der Waals surface area contributed by atoms with E-state index in [4.69, 9.17) is 4.74 Å². The van der Waals surface area contributed by atoms with Crippen LogP contribution in [0.5, 0.6) is 5.75 Å². The van der Waals surface area contributed by atoms with Crippen LogP contribution in [0.3, 0.4) is 0 Å². The minimum atomic E-state index is -0.130. The van der Waals surface area contributed by atoms with E-state index in [-0.39, 0.29) is 11.9 Å². The third-order valence-electron chi connectivity index (χ3n) is 4.32. The highest BCUT2D eigenvalue weighted by molar-refractivity contribution is 5.95. The number of benzene rings is 2. The van der Waals surface area contributed by atoms with Crippen molar-refractivity contribution in [3.8, 4) is 5.75 Å². The van der Waals surface area contributed by atoms with Gasteiger partial charge in [-0.05, 0) is 30.7 Å². The van der Waals surface area contributed by atoms with Crippen molar-refractivity contribution in [3.05, 3.63) is 89.6 Å². The molecule has 0 radical (unpaired) electrons. The summed E-state index contributed by atoms with van der Waals surface area (Å²) in [5, 5.41) is 6.26. The first kappa shape index (κ1) is 18.5. The van der Waals surface area contributed by atoms with Gasteiger partial charge in [-0.1, -0.05) is 48.5 Å². The van der Waals surface area contributed by atoms with Crippen molar-refractivity contribution in [1.82, 2.24) is 10.3 Å². The number of carbonyl (C=O) groups is 1. The highest BCUT2D eigenvalue weighted by atomic mass is 16.5. The second-order valence-electron chi connectivity index (χ2n) is 6.20. The van der Waals surface area contributed by atoms with Gasteiger partial charge < -0.3 is 15.4 Å². The van der Waals surface area contributed by atoms with Crippen LogP contribution in [0.2, 0.25) is 0 Å². The highest BCUT2D eigenvalue weighted by Gasteiger charge is 2.12. The van der Waals surface area contributed by atoms with Crippen molar-refractivity contribution in [1.29, 1.82) is 0 Å². The number of pyridine rings is 1. The molecule has 0 aliphatic rings. The topological polar surface area (TPSA) is 63.2 Å². The molecular weight excluding hydrogens is 338 g/mol. The fraction of sp³-hybridized carbons (Fsp3) is 0.182. The number of ether oxygens (including phenoxy) is 1. The zero-order valence-corrected chi connectivity index (χ0v) is 15.5. The van der Waals surface area contributed by atoms with Gasteiger partial charge in [0.25, 0.3) is 5.91 Å². The summed E-state index contributed by atoms with van der Waals surface area (Å²) in [6.07, 6.45) is 1.63. The third-order valence-corrected chi connectivity index (χ3v) is 4.32. The molecule has 0 spiro atoms. The second kappa shape index (κ2) is 8.85. The van der Waals surface area contributed by atoms with Crippen LogP contribution >= 0.6 is 0 Å². The molecule has 1 unspecified atom stereocenters. The van der Waals surface area contributed by atoms with Gasteiger partial charge in [-0.15, -0.1) is 0 Å². The molecule has 5 heteroatoms. The molecule has 1 heterocycles. The number of nitrogens with zero attached hydrogens (tertiary/aromatic N) is 1. The fourth-order valence-corrected chi connectivity index (χ4v) is 2.81. The summed E-state index contributed by atoms with van der Waals surface area (Å²) in [5.74, 6) is 1.32. The Morgan fingerprint density at radius 1 is 1.07 bits per heavy atom. The Balaban J connectivity index is 1.65. The van der Waals surface area contributed by atoms with E-state index in [1.165, 1.54) is 0 Å². The molecule has 1 atom stereocenters. The number of hydrogen-bond donors (Lipinski definition) is 2. The Labute approximate surface area is 159 Å². The predicted molar refractivity (Wildman–Crippen MR) is 107 cm³/mol. The third kappa shape index (κ3) is 4.85. The number of nitrogens with one attached hydrogen (secondary N) is 2. The molecular formula is C22H23N3O2. The summed E-state index contributed by atoms with van der Waals surface area (Å²) in [7, 11) is 1.65. The monoisotopic (exact) mass is 361 g/mol. The molecule has 138 valence electrons. The van der Waals surface area contributed by atoms with Gasteiger partial charge in [0.05, 0.1) is 13.2 Å². The summed E-state index contributed by atoms with van der Waals surface area (Å²) in [6, 6.07) is 21.1. The minimum Gasteiger partial charge on any atom is -0.496 e. The maximum atomic E-state index is 12.6. The highest BCUT2D eigenvalue weighted by Crippen LogP contribution is 2.19. The van der Waals surface area contributed by atoms with Crippen LogP contribution < -0.4 is 15.4 Å². The van der Waals surface area contributed by atoms with Crippen molar-refractivity contribution < 1.29 is 9.53 Å². The molecule has 5 nitrogen and oxygen atoms in total. The second-order valence-corrected chi connectivity index (χ2v) is 6.20. The lowest BCUT2D eigenvalue weighted by Gasteiger charge is -2.15. The van der Waals surface area contributed by atoms with E-state index in [2.05, 4.69) is 15.6 Å². The zero-order chi connectivity index (χ0) is 19.1. The average molecular weight is 361 g/mol. The van der Waals surface area contributed by atoms with Gasteiger partial charge in [0.1, 0.15) is 11.6 Å². The molecule has 0 bridgehead atoms. The average Bonchev–Trinajstić information content (AvgIpc) is 2.73. The molecule has 0 saturated carbocycles. The maximum absolute atomic E-state index is 12.6. The molecule has 0 saturated heterocycles. The Hall–Kier alpha value is -3.34. The molecule has 0 aliphatic heterocycles. The Kier molecular flexibility index (Phi) is 6.05. The summed E-state index contributed by atoms with van der Waals surface area (Å²) < 4.78 is 5.36. The molecule has 3 rings (SSSR count). The molecule has 27 heavy (non-hydrogen) atoms. The standard InChI is InChI=1S/C22H23N3O2/c1-16(17-8-4-3-5-9-17)25-22(26)18-12-13-23-21(14-18)24-15-19-10-6-7-11-20(19)27-2/h3-14,16H,15H2,1-2H3,(H,23,24)(H,25,26). The van der Waals surface area contributed by atoms with Gasteiger partial charge in [-0.25, -0.2) is 4.98 Å². The normalized spacial score (nSPS) is 11.5. The largest absolute Gasteiger partial charge is 0.496 e. The molecule has 2 N–H and O–H groups in total. The molecule has 1 amide bonds. The lowest BCUT2D eigenvalue weighted by atomic mass is 10.1. The number of hydrogen-bond acceptors (Lipinski definition) is 4. The van der Waals surface area contributed by atoms with Gasteiger partial charge >= 0.3 is 0 Å². The summed E-state index contributed by atoms with van der Waals surface area (Å²) in [4.78, 5) is 16.9. The van der Waals surface area contributed by atoms with Gasteiger partial charge in [0.2, 0.25) is 0 Å². The number of rotatable bonds is 7. The summed E-state index contributed by atoms with van der Waals surface area (Å²) >= 11 is 0. The fourth-order valence-electron chi connectivity index (χ4n) is 2.81. The quantitative estimate of drug-likeness (QED) is 0.662. The van der Waals surface area contributed by atoms with E-state index < -0.39 is 0 Å². The summed E-state index contributed by atoms with van der Waals surface area (Å²) in [5.41, 5.74) is 2.65. The summed E-state index contributed by atoms with van der Waals surface area (Å²) in [6.45, 7) is 2.53. The van der Waals surface area contributed by atoms with Crippen molar-refractivity contribution in [2.75, 3.05) is 12.4 Å². The minimum absolute atomic E-state index is 0.0724. The molecule has 2 aromatic carbocycles. The first-order valence-electron chi connectivity index (χ1n) is 8.85. The van der Waals surface area contributed by atoms with E-state index >= 15 is 0 Å². The van der Waals surface area contributed by atoms with Crippen molar-refractivity contribution >= 4 is 11.7 Å². The smallest absolute Gasteiger partial charge is 0.251 e. The van der Waals surface area contributed by atoms with Crippen molar-refractivity contribution in [3.63, 3.8) is 0 Å². The number of amides is 1. The van der Waals surface area contributed by atoms with Crippen LogP contribution in [0, 0.1) is 0 Å². The Bertz CT molecular complexity index is 897. The molecule has 1 aromatic heterocycles. The number of carbonyl (C=O) groups excluding carboxylic acids is 1. The van der Waals surface area contributed by atoms with Crippen LogP contribution in [-0.4, -0.2) is 18.0 Å². The van der Waals surface area contributed by atoms with Gasteiger partial charge in [0.15, 0.2) is 0 Å². The molecule has 0 aliphatic carbocycles. The van der Waals surface area contributed by atoms with Crippen LogP contribution in [0.4, 0.5) is 5.82 Å².